The van der Waals surface area contributed by atoms with Gasteiger partial charge in [0.15, 0.2) is 12.6 Å². The van der Waals surface area contributed by atoms with Crippen molar-refractivity contribution < 1.29 is 38.4 Å². The van der Waals surface area contributed by atoms with Gasteiger partial charge in [0.05, 0.1) is 13.2 Å². The van der Waals surface area contributed by atoms with Crippen molar-refractivity contribution in [3.63, 3.8) is 0 Å². The van der Waals surface area contributed by atoms with Crippen LogP contribution in [-0.2, 0) is 39.9 Å². The molecule has 1 amide bonds. The van der Waals surface area contributed by atoms with Crippen molar-refractivity contribution >= 4 is 11.9 Å². The molecule has 9 heteroatoms. The number of carbonyl (C=O) groups is 2. The quantitative estimate of drug-likeness (QED) is 0.619. The van der Waals surface area contributed by atoms with Gasteiger partial charge < -0.3 is 34.1 Å². The number of benzene rings is 2. The molecule has 2 aliphatic heterocycles. The first kappa shape index (κ1) is 23.3. The Bertz CT molecular complexity index is 925. The van der Waals surface area contributed by atoms with Crippen molar-refractivity contribution in [2.24, 2.45) is 0 Å². The SMILES string of the molecule is CC(=O)N[C@@H]1[C@H](OCc2ccccc2)O[C@@H]2CO[C@H](c3ccccc3)O[C@@H]2[C@H]1OCC(=O)O. The Hall–Kier alpha value is -2.82. The van der Waals surface area contributed by atoms with Crippen LogP contribution >= 0.6 is 0 Å². The third-order valence-corrected chi connectivity index (χ3v) is 5.44. The standard InChI is InChI=1S/C24H27NO8/c1-15(26)25-20-22(29-14-19(27)28)21-18(13-31-23(33-21)17-10-6-3-7-11-17)32-24(20)30-12-16-8-4-2-5-9-16/h2-11,18,20-24H,12-14H2,1H3,(H,25,26)(H,27,28)/t18-,20+,21+,22+,23+,24-/m1/s1. The van der Waals surface area contributed by atoms with Crippen LogP contribution in [-0.4, -0.2) is 60.8 Å². The highest BCUT2D eigenvalue weighted by Gasteiger charge is 2.51. The minimum Gasteiger partial charge on any atom is -0.480 e. The number of aliphatic carboxylic acids is 1. The lowest BCUT2D eigenvalue weighted by atomic mass is 9.95. The molecule has 2 aliphatic rings. The molecule has 0 spiro atoms. The van der Waals surface area contributed by atoms with Gasteiger partial charge in [-0.15, -0.1) is 0 Å². The number of amides is 1. The first-order valence-electron chi connectivity index (χ1n) is 10.7. The number of hydrogen-bond donors (Lipinski definition) is 2. The second-order valence-corrected chi connectivity index (χ2v) is 7.91. The Labute approximate surface area is 191 Å². The highest BCUT2D eigenvalue weighted by molar-refractivity contribution is 5.73. The van der Waals surface area contributed by atoms with E-state index in [-0.39, 0.29) is 19.1 Å². The van der Waals surface area contributed by atoms with Gasteiger partial charge in [-0.3, -0.25) is 4.79 Å². The summed E-state index contributed by atoms with van der Waals surface area (Å²) < 4.78 is 29.9. The molecular formula is C24H27NO8. The fourth-order valence-corrected chi connectivity index (χ4v) is 4.00. The lowest BCUT2D eigenvalue weighted by molar-refractivity contribution is -0.349. The van der Waals surface area contributed by atoms with Gasteiger partial charge in [0.1, 0.15) is 31.0 Å². The summed E-state index contributed by atoms with van der Waals surface area (Å²) in [5, 5.41) is 12.0. The summed E-state index contributed by atoms with van der Waals surface area (Å²) in [6.07, 6.45) is -3.66. The third kappa shape index (κ3) is 5.95. The van der Waals surface area contributed by atoms with Crippen molar-refractivity contribution in [1.82, 2.24) is 5.32 Å². The maximum Gasteiger partial charge on any atom is 0.329 e. The molecule has 33 heavy (non-hydrogen) atoms. The van der Waals surface area contributed by atoms with E-state index < -0.39 is 49.5 Å². The largest absolute Gasteiger partial charge is 0.480 e. The molecule has 2 fully saturated rings. The molecular weight excluding hydrogens is 430 g/mol. The molecule has 0 aliphatic carbocycles. The summed E-state index contributed by atoms with van der Waals surface area (Å²) in [4.78, 5) is 23.3. The molecule has 0 saturated carbocycles. The summed E-state index contributed by atoms with van der Waals surface area (Å²) in [6.45, 7) is 1.23. The van der Waals surface area contributed by atoms with Gasteiger partial charge in [0.2, 0.25) is 5.91 Å². The predicted molar refractivity (Wildman–Crippen MR) is 115 cm³/mol. The first-order chi connectivity index (χ1) is 16.0. The van der Waals surface area contributed by atoms with Crippen molar-refractivity contribution in [2.75, 3.05) is 13.2 Å². The molecule has 176 valence electrons. The van der Waals surface area contributed by atoms with Crippen LogP contribution in [0.1, 0.15) is 24.3 Å². The molecule has 6 atom stereocenters. The van der Waals surface area contributed by atoms with Crippen LogP contribution in [0.3, 0.4) is 0 Å². The molecule has 0 bridgehead atoms. The Morgan fingerprint density at radius 1 is 1.03 bits per heavy atom. The minimum absolute atomic E-state index is 0.190. The molecule has 9 nitrogen and oxygen atoms in total. The van der Waals surface area contributed by atoms with Gasteiger partial charge in [0, 0.05) is 12.5 Å². The molecule has 2 heterocycles. The summed E-state index contributed by atoms with van der Waals surface area (Å²) >= 11 is 0. The lowest BCUT2D eigenvalue weighted by Crippen LogP contribution is -2.67. The fourth-order valence-electron chi connectivity index (χ4n) is 4.00. The Balaban J connectivity index is 1.56. The summed E-state index contributed by atoms with van der Waals surface area (Å²) in [5.74, 6) is -1.46. The van der Waals surface area contributed by atoms with Crippen LogP contribution in [0, 0.1) is 0 Å². The van der Waals surface area contributed by atoms with Crippen LogP contribution < -0.4 is 5.32 Å². The van der Waals surface area contributed by atoms with Crippen molar-refractivity contribution in [1.29, 1.82) is 0 Å². The van der Waals surface area contributed by atoms with Gasteiger partial charge in [-0.1, -0.05) is 60.7 Å². The van der Waals surface area contributed by atoms with Gasteiger partial charge in [-0.25, -0.2) is 4.79 Å². The van der Waals surface area contributed by atoms with Gasteiger partial charge in [-0.2, -0.15) is 0 Å². The number of carboxylic acids is 1. The van der Waals surface area contributed by atoms with Crippen LogP contribution in [0.2, 0.25) is 0 Å². The van der Waals surface area contributed by atoms with Crippen LogP contribution in [0.4, 0.5) is 0 Å². The smallest absolute Gasteiger partial charge is 0.329 e. The van der Waals surface area contributed by atoms with Gasteiger partial charge >= 0.3 is 5.97 Å². The first-order valence-corrected chi connectivity index (χ1v) is 10.7. The molecule has 0 radical (unpaired) electrons. The molecule has 2 aromatic rings. The number of rotatable bonds is 8. The normalized spacial score (nSPS) is 29.1. The zero-order valence-corrected chi connectivity index (χ0v) is 18.2. The Morgan fingerprint density at radius 3 is 2.39 bits per heavy atom. The zero-order chi connectivity index (χ0) is 23.2. The molecule has 4 rings (SSSR count). The Kier molecular flexibility index (Phi) is 7.69. The Morgan fingerprint density at radius 2 is 1.73 bits per heavy atom. The number of ether oxygens (including phenoxy) is 5. The molecule has 2 saturated heterocycles. The fraction of sp³-hybridized carbons (Fsp3) is 0.417. The van der Waals surface area contributed by atoms with Crippen molar-refractivity contribution in [3.05, 3.63) is 71.8 Å². The maximum atomic E-state index is 12.0. The average molecular weight is 457 g/mol. The number of nitrogens with one attached hydrogen (secondary N) is 1. The van der Waals surface area contributed by atoms with E-state index in [0.717, 1.165) is 11.1 Å². The van der Waals surface area contributed by atoms with Crippen molar-refractivity contribution in [2.45, 2.75) is 50.5 Å². The maximum absolute atomic E-state index is 12.0. The number of carbonyl (C=O) groups excluding carboxylic acids is 1. The second kappa shape index (κ2) is 10.9. The summed E-state index contributed by atoms with van der Waals surface area (Å²) in [7, 11) is 0. The second-order valence-electron chi connectivity index (χ2n) is 7.91. The van der Waals surface area contributed by atoms with Crippen molar-refractivity contribution in [3.8, 4) is 0 Å². The van der Waals surface area contributed by atoms with E-state index in [1.165, 1.54) is 6.92 Å². The topological polar surface area (TPSA) is 113 Å². The van der Waals surface area contributed by atoms with E-state index >= 15 is 0 Å². The van der Waals surface area contributed by atoms with E-state index in [9.17, 15) is 14.7 Å². The molecule has 0 aromatic heterocycles. The molecule has 2 aromatic carbocycles. The highest BCUT2D eigenvalue weighted by atomic mass is 16.8. The predicted octanol–water partition coefficient (Wildman–Crippen LogP) is 2.02. The van der Waals surface area contributed by atoms with Crippen LogP contribution in [0.15, 0.2) is 60.7 Å². The van der Waals surface area contributed by atoms with E-state index in [1.807, 2.05) is 60.7 Å². The number of hydrogen-bond acceptors (Lipinski definition) is 7. The van der Waals surface area contributed by atoms with E-state index in [4.69, 9.17) is 23.7 Å². The van der Waals surface area contributed by atoms with E-state index in [1.54, 1.807) is 0 Å². The summed E-state index contributed by atoms with van der Waals surface area (Å²) in [5.41, 5.74) is 1.74. The molecule has 0 unspecified atom stereocenters. The van der Waals surface area contributed by atoms with Gasteiger partial charge in [0.25, 0.3) is 0 Å². The summed E-state index contributed by atoms with van der Waals surface area (Å²) in [6, 6.07) is 18.1. The zero-order valence-electron chi connectivity index (χ0n) is 18.2. The monoisotopic (exact) mass is 457 g/mol. The van der Waals surface area contributed by atoms with E-state index in [2.05, 4.69) is 5.32 Å². The van der Waals surface area contributed by atoms with Gasteiger partial charge in [-0.05, 0) is 5.56 Å². The average Bonchev–Trinajstić information content (AvgIpc) is 2.82. The number of fused-ring (bicyclic) bond motifs is 1. The van der Waals surface area contributed by atoms with Crippen LogP contribution in [0.5, 0.6) is 0 Å². The molecule has 2 N–H and O–H groups in total. The third-order valence-electron chi connectivity index (χ3n) is 5.44. The highest BCUT2D eigenvalue weighted by Crippen LogP contribution is 2.35. The van der Waals surface area contributed by atoms with E-state index in [0.29, 0.717) is 0 Å². The van der Waals surface area contributed by atoms with Crippen LogP contribution in [0.25, 0.3) is 0 Å². The number of carboxylic acid groups (broad SMARTS) is 1. The lowest BCUT2D eigenvalue weighted by Gasteiger charge is -2.49. The minimum atomic E-state index is -1.13.